The lowest BCUT2D eigenvalue weighted by Crippen LogP contribution is -2.28. The standard InChI is InChI=1S/C13H18N4/c1-2-10-7-15-13-6-12(16-17(13)9-10)11-4-3-5-14-8-11/h6-7,9,11,14H,2-5,8H2,1H3. The summed E-state index contributed by atoms with van der Waals surface area (Å²) in [5.41, 5.74) is 3.37. The van der Waals surface area contributed by atoms with Crippen molar-refractivity contribution >= 4 is 5.65 Å². The molecule has 0 amide bonds. The van der Waals surface area contributed by atoms with Gasteiger partial charge < -0.3 is 5.32 Å². The van der Waals surface area contributed by atoms with E-state index in [1.807, 2.05) is 10.7 Å². The van der Waals surface area contributed by atoms with E-state index >= 15 is 0 Å². The van der Waals surface area contributed by atoms with Crippen LogP contribution in [0.3, 0.4) is 0 Å². The van der Waals surface area contributed by atoms with Crippen LogP contribution in [0.15, 0.2) is 18.5 Å². The highest BCUT2D eigenvalue weighted by Gasteiger charge is 2.18. The van der Waals surface area contributed by atoms with Crippen molar-refractivity contribution in [2.45, 2.75) is 32.1 Å². The molecular weight excluding hydrogens is 212 g/mol. The molecule has 0 radical (unpaired) electrons. The maximum atomic E-state index is 4.66. The lowest BCUT2D eigenvalue weighted by atomic mass is 9.96. The fraction of sp³-hybridized carbons (Fsp3) is 0.538. The molecule has 0 aromatic carbocycles. The summed E-state index contributed by atoms with van der Waals surface area (Å²) in [5, 5.41) is 8.09. The molecule has 1 aliphatic heterocycles. The Morgan fingerprint density at radius 2 is 2.47 bits per heavy atom. The van der Waals surface area contributed by atoms with Crippen LogP contribution in [0.4, 0.5) is 0 Å². The van der Waals surface area contributed by atoms with Crippen molar-refractivity contribution in [2.24, 2.45) is 0 Å². The number of hydrogen-bond acceptors (Lipinski definition) is 3. The third-order valence-corrected chi connectivity index (χ3v) is 3.51. The van der Waals surface area contributed by atoms with Crippen molar-refractivity contribution in [1.29, 1.82) is 0 Å². The first kappa shape index (κ1) is 10.7. The maximum absolute atomic E-state index is 4.66. The molecule has 3 rings (SSSR count). The molecule has 0 bridgehead atoms. The Morgan fingerprint density at radius 1 is 1.53 bits per heavy atom. The van der Waals surface area contributed by atoms with Gasteiger partial charge in [0.1, 0.15) is 0 Å². The van der Waals surface area contributed by atoms with Crippen molar-refractivity contribution in [3.05, 3.63) is 29.7 Å². The van der Waals surface area contributed by atoms with Crippen LogP contribution in [0.2, 0.25) is 0 Å². The molecular formula is C13H18N4. The molecule has 90 valence electrons. The van der Waals surface area contributed by atoms with E-state index in [0.29, 0.717) is 5.92 Å². The number of rotatable bonds is 2. The number of aryl methyl sites for hydroxylation is 1. The first-order valence-electron chi connectivity index (χ1n) is 6.41. The van der Waals surface area contributed by atoms with Crippen LogP contribution >= 0.6 is 0 Å². The van der Waals surface area contributed by atoms with Crippen LogP contribution in [0, 0.1) is 0 Å². The molecule has 1 atom stereocenters. The summed E-state index contributed by atoms with van der Waals surface area (Å²) >= 11 is 0. The van der Waals surface area contributed by atoms with Crippen molar-refractivity contribution in [2.75, 3.05) is 13.1 Å². The summed E-state index contributed by atoms with van der Waals surface area (Å²) in [6.45, 7) is 4.32. The van der Waals surface area contributed by atoms with Crippen LogP contribution in [-0.2, 0) is 6.42 Å². The Morgan fingerprint density at radius 3 is 3.24 bits per heavy atom. The third-order valence-electron chi connectivity index (χ3n) is 3.51. The number of nitrogens with one attached hydrogen (secondary N) is 1. The predicted octanol–water partition coefficient (Wildman–Crippen LogP) is 1.76. The van der Waals surface area contributed by atoms with Crippen molar-refractivity contribution in [3.63, 3.8) is 0 Å². The van der Waals surface area contributed by atoms with Crippen molar-refractivity contribution < 1.29 is 0 Å². The summed E-state index contributed by atoms with van der Waals surface area (Å²) in [6.07, 6.45) is 7.51. The molecule has 4 nitrogen and oxygen atoms in total. The Balaban J connectivity index is 1.95. The summed E-state index contributed by atoms with van der Waals surface area (Å²) < 4.78 is 1.92. The van der Waals surface area contributed by atoms with Gasteiger partial charge in [0.15, 0.2) is 5.65 Å². The molecule has 2 aromatic heterocycles. The first-order valence-corrected chi connectivity index (χ1v) is 6.41. The second-order valence-corrected chi connectivity index (χ2v) is 4.73. The zero-order chi connectivity index (χ0) is 11.7. The smallest absolute Gasteiger partial charge is 0.155 e. The number of nitrogens with zero attached hydrogens (tertiary/aromatic N) is 3. The highest BCUT2D eigenvalue weighted by atomic mass is 15.2. The average Bonchev–Trinajstić information content (AvgIpc) is 2.82. The molecule has 1 N–H and O–H groups in total. The van der Waals surface area contributed by atoms with E-state index in [1.54, 1.807) is 0 Å². The number of fused-ring (bicyclic) bond motifs is 1. The second kappa shape index (κ2) is 4.45. The minimum absolute atomic E-state index is 0.551. The summed E-state index contributed by atoms with van der Waals surface area (Å²) in [7, 11) is 0. The van der Waals surface area contributed by atoms with Crippen LogP contribution in [-0.4, -0.2) is 27.7 Å². The Hall–Kier alpha value is -1.42. The zero-order valence-corrected chi connectivity index (χ0v) is 10.2. The highest BCUT2D eigenvalue weighted by Crippen LogP contribution is 2.22. The second-order valence-electron chi connectivity index (χ2n) is 4.73. The number of aromatic nitrogens is 3. The molecule has 1 fully saturated rings. The fourth-order valence-electron chi connectivity index (χ4n) is 2.42. The molecule has 4 heteroatoms. The van der Waals surface area contributed by atoms with Gasteiger partial charge >= 0.3 is 0 Å². The SMILES string of the molecule is CCc1cnc2cc(C3CCCNC3)nn2c1. The van der Waals surface area contributed by atoms with Gasteiger partial charge in [0, 0.05) is 30.9 Å². The maximum Gasteiger partial charge on any atom is 0.155 e. The van der Waals surface area contributed by atoms with E-state index < -0.39 is 0 Å². The number of hydrogen-bond donors (Lipinski definition) is 1. The molecule has 1 aliphatic rings. The topological polar surface area (TPSA) is 42.2 Å². The lowest BCUT2D eigenvalue weighted by molar-refractivity contribution is 0.453. The monoisotopic (exact) mass is 230 g/mol. The molecule has 1 unspecified atom stereocenters. The Kier molecular flexibility index (Phi) is 2.81. The van der Waals surface area contributed by atoms with E-state index in [9.17, 15) is 0 Å². The molecule has 1 saturated heterocycles. The van der Waals surface area contributed by atoms with E-state index in [0.717, 1.165) is 25.2 Å². The van der Waals surface area contributed by atoms with Gasteiger partial charge in [0.25, 0.3) is 0 Å². The highest BCUT2D eigenvalue weighted by molar-refractivity contribution is 5.40. The molecule has 0 spiro atoms. The van der Waals surface area contributed by atoms with Crippen molar-refractivity contribution in [3.8, 4) is 0 Å². The van der Waals surface area contributed by atoms with E-state index in [2.05, 4.69) is 34.6 Å². The zero-order valence-electron chi connectivity index (χ0n) is 10.2. The van der Waals surface area contributed by atoms with Gasteiger partial charge in [-0.05, 0) is 31.4 Å². The van der Waals surface area contributed by atoms with Crippen LogP contribution in [0.1, 0.15) is 36.9 Å². The molecule has 17 heavy (non-hydrogen) atoms. The summed E-state index contributed by atoms with van der Waals surface area (Å²) in [5.74, 6) is 0.551. The summed E-state index contributed by atoms with van der Waals surface area (Å²) in [4.78, 5) is 4.45. The third kappa shape index (κ3) is 2.05. The molecule has 0 saturated carbocycles. The summed E-state index contributed by atoms with van der Waals surface area (Å²) in [6, 6.07) is 2.12. The van der Waals surface area contributed by atoms with E-state index in [-0.39, 0.29) is 0 Å². The van der Waals surface area contributed by atoms with Crippen LogP contribution in [0.5, 0.6) is 0 Å². The normalized spacial score (nSPS) is 20.9. The Bertz CT molecular complexity index is 511. The Labute approximate surface area is 101 Å². The van der Waals surface area contributed by atoms with Gasteiger partial charge in [-0.15, -0.1) is 0 Å². The lowest BCUT2D eigenvalue weighted by Gasteiger charge is -2.20. The van der Waals surface area contributed by atoms with E-state index in [4.69, 9.17) is 0 Å². The number of piperidine rings is 1. The largest absolute Gasteiger partial charge is 0.316 e. The van der Waals surface area contributed by atoms with Crippen molar-refractivity contribution in [1.82, 2.24) is 19.9 Å². The molecule has 2 aromatic rings. The molecule has 0 aliphatic carbocycles. The predicted molar refractivity (Wildman–Crippen MR) is 67.2 cm³/mol. The van der Waals surface area contributed by atoms with Gasteiger partial charge in [-0.3, -0.25) is 0 Å². The van der Waals surface area contributed by atoms with Gasteiger partial charge in [-0.2, -0.15) is 5.10 Å². The first-order chi connectivity index (χ1) is 8.36. The molecule has 3 heterocycles. The van der Waals surface area contributed by atoms with E-state index in [1.165, 1.54) is 24.1 Å². The van der Waals surface area contributed by atoms with Gasteiger partial charge in [-0.1, -0.05) is 6.92 Å². The van der Waals surface area contributed by atoms with Gasteiger partial charge in [0.2, 0.25) is 0 Å². The van der Waals surface area contributed by atoms with Crippen LogP contribution < -0.4 is 5.32 Å². The minimum atomic E-state index is 0.551. The quantitative estimate of drug-likeness (QED) is 0.854. The van der Waals surface area contributed by atoms with Gasteiger partial charge in [0.05, 0.1) is 5.69 Å². The average molecular weight is 230 g/mol. The van der Waals surface area contributed by atoms with Crippen LogP contribution in [0.25, 0.3) is 5.65 Å². The minimum Gasteiger partial charge on any atom is -0.316 e. The van der Waals surface area contributed by atoms with Gasteiger partial charge in [-0.25, -0.2) is 9.50 Å². The fourth-order valence-corrected chi connectivity index (χ4v) is 2.42.